The first-order valence-corrected chi connectivity index (χ1v) is 10.2. The molecule has 1 saturated heterocycles. The van der Waals surface area contributed by atoms with Crippen molar-refractivity contribution in [2.45, 2.75) is 37.6 Å². The van der Waals surface area contributed by atoms with Crippen molar-refractivity contribution < 1.29 is 8.42 Å². The largest absolute Gasteiger partial charge is 0.299 e. The van der Waals surface area contributed by atoms with Crippen molar-refractivity contribution in [2.24, 2.45) is 5.92 Å². The van der Waals surface area contributed by atoms with Gasteiger partial charge in [-0.15, -0.1) is 0 Å². The number of sulfone groups is 1. The molecule has 130 valence electrons. The van der Waals surface area contributed by atoms with Gasteiger partial charge in [0.2, 0.25) is 0 Å². The number of rotatable bonds is 5. The highest BCUT2D eigenvalue weighted by Gasteiger charge is 2.24. The molecule has 3 rings (SSSR count). The Morgan fingerprint density at radius 2 is 2.17 bits per heavy atom. The number of nitrogens with one attached hydrogen (secondary N) is 1. The second-order valence-corrected chi connectivity index (χ2v) is 8.72. The molecule has 0 amide bonds. The van der Waals surface area contributed by atoms with Crippen LogP contribution < -0.4 is 0 Å². The summed E-state index contributed by atoms with van der Waals surface area (Å²) in [6.07, 6.45) is 7.57. The average Bonchev–Trinajstić information content (AvgIpc) is 2.98. The Hall–Kier alpha value is -1.73. The van der Waals surface area contributed by atoms with Crippen LogP contribution in [0.2, 0.25) is 0 Å². The number of hydrogen-bond donors (Lipinski definition) is 1. The standard InChI is InChI=1S/C17H24N4O2S/c1-13-5-6-15(9-18-13)12-21-7-3-4-14(11-21)8-16-17(10-19-20-16)24(2,22)23/h5-6,9-10,14H,3-4,7-8,11-12H2,1-2H3,(H,19,20)/t14-/m1/s1. The zero-order valence-electron chi connectivity index (χ0n) is 14.2. The van der Waals surface area contributed by atoms with E-state index >= 15 is 0 Å². The van der Waals surface area contributed by atoms with E-state index in [1.165, 1.54) is 18.0 Å². The molecule has 7 heteroatoms. The molecule has 2 aromatic heterocycles. The van der Waals surface area contributed by atoms with Crippen molar-refractivity contribution in [2.75, 3.05) is 19.3 Å². The minimum atomic E-state index is -3.22. The van der Waals surface area contributed by atoms with Crippen LogP contribution in [-0.2, 0) is 22.8 Å². The van der Waals surface area contributed by atoms with Gasteiger partial charge in [0.15, 0.2) is 9.84 Å². The number of piperidine rings is 1. The van der Waals surface area contributed by atoms with Crippen molar-refractivity contribution in [3.63, 3.8) is 0 Å². The van der Waals surface area contributed by atoms with E-state index in [1.807, 2.05) is 19.2 Å². The Labute approximate surface area is 143 Å². The molecule has 24 heavy (non-hydrogen) atoms. The molecular weight excluding hydrogens is 324 g/mol. The van der Waals surface area contributed by atoms with Crippen LogP contribution in [0.3, 0.4) is 0 Å². The molecule has 1 fully saturated rings. The smallest absolute Gasteiger partial charge is 0.178 e. The molecule has 1 aliphatic rings. The summed E-state index contributed by atoms with van der Waals surface area (Å²) in [4.78, 5) is 7.12. The van der Waals surface area contributed by atoms with Crippen LogP contribution in [0.5, 0.6) is 0 Å². The van der Waals surface area contributed by atoms with Gasteiger partial charge in [0, 0.05) is 31.2 Å². The number of aryl methyl sites for hydroxylation is 1. The SMILES string of the molecule is Cc1ccc(CN2CCC[C@H](Cc3[nH]ncc3S(C)(=O)=O)C2)cn1. The number of nitrogens with zero attached hydrogens (tertiary/aromatic N) is 3. The van der Waals surface area contributed by atoms with Gasteiger partial charge in [0.1, 0.15) is 4.90 Å². The van der Waals surface area contributed by atoms with Gasteiger partial charge < -0.3 is 0 Å². The lowest BCUT2D eigenvalue weighted by Gasteiger charge is -2.32. The highest BCUT2D eigenvalue weighted by Crippen LogP contribution is 2.24. The van der Waals surface area contributed by atoms with Crippen molar-refractivity contribution in [3.05, 3.63) is 41.5 Å². The summed E-state index contributed by atoms with van der Waals surface area (Å²) in [5.41, 5.74) is 2.99. The van der Waals surface area contributed by atoms with E-state index in [1.54, 1.807) is 0 Å². The molecule has 0 unspecified atom stereocenters. The Kier molecular flexibility index (Phi) is 5.01. The molecule has 3 heterocycles. The maximum absolute atomic E-state index is 11.8. The zero-order valence-corrected chi connectivity index (χ0v) is 15.0. The van der Waals surface area contributed by atoms with Gasteiger partial charge in [-0.1, -0.05) is 6.07 Å². The van der Waals surface area contributed by atoms with Crippen molar-refractivity contribution in [1.29, 1.82) is 0 Å². The molecule has 6 nitrogen and oxygen atoms in total. The van der Waals surface area contributed by atoms with E-state index < -0.39 is 9.84 Å². The van der Waals surface area contributed by atoms with Crippen LogP contribution in [0.1, 0.15) is 29.8 Å². The Bertz CT molecular complexity index is 783. The first-order chi connectivity index (χ1) is 11.4. The fraction of sp³-hybridized carbons (Fsp3) is 0.529. The molecule has 0 spiro atoms. The number of aromatic amines is 1. The summed E-state index contributed by atoms with van der Waals surface area (Å²) in [5, 5.41) is 6.80. The highest BCUT2D eigenvalue weighted by molar-refractivity contribution is 7.90. The van der Waals surface area contributed by atoms with Crippen molar-refractivity contribution in [3.8, 4) is 0 Å². The topological polar surface area (TPSA) is 79.0 Å². The predicted octanol–water partition coefficient (Wildman–Crippen LogP) is 1.97. The first kappa shape index (κ1) is 17.1. The van der Waals surface area contributed by atoms with Crippen molar-refractivity contribution >= 4 is 9.84 Å². The quantitative estimate of drug-likeness (QED) is 0.894. The van der Waals surface area contributed by atoms with E-state index in [9.17, 15) is 8.42 Å². The normalized spacial score (nSPS) is 19.5. The monoisotopic (exact) mass is 348 g/mol. The van der Waals surface area contributed by atoms with E-state index in [4.69, 9.17) is 0 Å². The maximum Gasteiger partial charge on any atom is 0.178 e. The minimum absolute atomic E-state index is 0.336. The maximum atomic E-state index is 11.8. The second-order valence-electron chi connectivity index (χ2n) is 6.74. The summed E-state index contributed by atoms with van der Waals surface area (Å²) < 4.78 is 23.6. The Morgan fingerprint density at radius 1 is 1.33 bits per heavy atom. The number of hydrogen-bond acceptors (Lipinski definition) is 5. The van der Waals surface area contributed by atoms with E-state index in [0.717, 1.165) is 50.3 Å². The molecule has 0 saturated carbocycles. The summed E-state index contributed by atoms with van der Waals surface area (Å²) in [6.45, 7) is 4.93. The third kappa shape index (κ3) is 4.21. The molecule has 0 radical (unpaired) electrons. The first-order valence-electron chi connectivity index (χ1n) is 8.28. The molecule has 1 aliphatic heterocycles. The van der Waals surface area contributed by atoms with Crippen molar-refractivity contribution in [1.82, 2.24) is 20.1 Å². The molecule has 0 bridgehead atoms. The second kappa shape index (κ2) is 7.03. The average molecular weight is 348 g/mol. The van der Waals surface area contributed by atoms with Crippen LogP contribution in [0.25, 0.3) is 0 Å². The van der Waals surface area contributed by atoms with Gasteiger partial charge >= 0.3 is 0 Å². The van der Waals surface area contributed by atoms with Gasteiger partial charge in [0.05, 0.1) is 11.9 Å². The van der Waals surface area contributed by atoms with Gasteiger partial charge in [-0.3, -0.25) is 15.0 Å². The third-order valence-electron chi connectivity index (χ3n) is 4.55. The van der Waals surface area contributed by atoms with Crippen LogP contribution >= 0.6 is 0 Å². The Balaban J connectivity index is 1.64. The van der Waals surface area contributed by atoms with Gasteiger partial charge in [0.25, 0.3) is 0 Å². The summed E-state index contributed by atoms with van der Waals surface area (Å²) in [6, 6.07) is 4.17. The summed E-state index contributed by atoms with van der Waals surface area (Å²) in [5.74, 6) is 0.443. The molecule has 0 aromatic carbocycles. The third-order valence-corrected chi connectivity index (χ3v) is 5.70. The number of pyridine rings is 1. The minimum Gasteiger partial charge on any atom is -0.299 e. The van der Waals surface area contributed by atoms with E-state index in [0.29, 0.717) is 10.8 Å². The fourth-order valence-electron chi connectivity index (χ4n) is 3.37. The lowest BCUT2D eigenvalue weighted by atomic mass is 9.93. The lowest BCUT2D eigenvalue weighted by Crippen LogP contribution is -2.36. The molecule has 1 atom stereocenters. The highest BCUT2D eigenvalue weighted by atomic mass is 32.2. The molecule has 1 N–H and O–H groups in total. The molecular formula is C17H24N4O2S. The van der Waals surface area contributed by atoms with Gasteiger partial charge in [-0.05, 0) is 50.3 Å². The van der Waals surface area contributed by atoms with E-state index in [-0.39, 0.29) is 0 Å². The van der Waals surface area contributed by atoms with Crippen LogP contribution in [0.4, 0.5) is 0 Å². The summed E-state index contributed by atoms with van der Waals surface area (Å²) >= 11 is 0. The molecule has 2 aromatic rings. The number of likely N-dealkylation sites (tertiary alicyclic amines) is 1. The fourth-order valence-corrected chi connectivity index (χ4v) is 4.19. The predicted molar refractivity (Wildman–Crippen MR) is 92.4 cm³/mol. The van der Waals surface area contributed by atoms with Gasteiger partial charge in [-0.2, -0.15) is 5.10 Å². The van der Waals surface area contributed by atoms with Crippen LogP contribution in [0, 0.1) is 12.8 Å². The summed E-state index contributed by atoms with van der Waals surface area (Å²) in [7, 11) is -3.22. The molecule has 0 aliphatic carbocycles. The van der Waals surface area contributed by atoms with Crippen LogP contribution in [0.15, 0.2) is 29.4 Å². The Morgan fingerprint density at radius 3 is 2.88 bits per heavy atom. The van der Waals surface area contributed by atoms with Gasteiger partial charge in [-0.25, -0.2) is 8.42 Å². The zero-order chi connectivity index (χ0) is 17.2. The number of aromatic nitrogens is 3. The van der Waals surface area contributed by atoms with E-state index in [2.05, 4.69) is 26.1 Å². The number of H-pyrrole nitrogens is 1. The lowest BCUT2D eigenvalue weighted by molar-refractivity contribution is 0.166. The van der Waals surface area contributed by atoms with Crippen LogP contribution in [-0.4, -0.2) is 47.8 Å².